The molecule has 0 saturated carbocycles. The Balaban J connectivity index is 2.23. The van der Waals surface area contributed by atoms with Crippen molar-refractivity contribution in [1.29, 1.82) is 0 Å². The van der Waals surface area contributed by atoms with Gasteiger partial charge in [-0.15, -0.1) is 0 Å². The number of hydrogen-bond donors (Lipinski definition) is 3. The second kappa shape index (κ2) is 4.70. The van der Waals surface area contributed by atoms with Gasteiger partial charge in [0.15, 0.2) is 0 Å². The van der Waals surface area contributed by atoms with E-state index in [1.165, 1.54) is 18.2 Å². The number of carboxylic acid groups (broad SMARTS) is 1. The Morgan fingerprint density at radius 2 is 2.00 bits per heavy atom. The lowest BCUT2D eigenvalue weighted by molar-refractivity contribution is 0.0697. The molecular weight excluding hydrogens is 234 g/mol. The third-order valence-electron chi connectivity index (χ3n) is 2.26. The number of aryl methyl sites for hydroxylation is 1. The minimum atomic E-state index is -0.980. The Kier molecular flexibility index (Phi) is 3.09. The molecule has 3 N–H and O–H groups in total. The predicted octanol–water partition coefficient (Wildman–Crippen LogP) is 1.52. The fourth-order valence-electron chi connectivity index (χ4n) is 1.49. The number of aromatic nitrogens is 2. The molecule has 18 heavy (non-hydrogen) atoms. The summed E-state index contributed by atoms with van der Waals surface area (Å²) in [5.74, 6) is -0.0573. The van der Waals surface area contributed by atoms with Gasteiger partial charge in [-0.3, -0.25) is 4.79 Å². The summed E-state index contributed by atoms with van der Waals surface area (Å²) in [6.07, 6.45) is 0. The third kappa shape index (κ3) is 2.73. The molecular formula is C12H11N3O3. The highest BCUT2D eigenvalue weighted by molar-refractivity contribution is 5.88. The monoisotopic (exact) mass is 245 g/mol. The SMILES string of the molecule is Cc1nc(Nc2ccc(C(=O)O)cc2)cc(=O)[nH]1. The molecule has 0 atom stereocenters. The molecule has 6 heteroatoms. The molecule has 2 rings (SSSR count). The van der Waals surface area contributed by atoms with Gasteiger partial charge in [0.05, 0.1) is 5.56 Å². The molecule has 0 saturated heterocycles. The Bertz CT molecular complexity index is 632. The van der Waals surface area contributed by atoms with Crippen molar-refractivity contribution in [1.82, 2.24) is 9.97 Å². The molecule has 0 aliphatic rings. The van der Waals surface area contributed by atoms with Gasteiger partial charge in [0.1, 0.15) is 11.6 Å². The second-order valence-electron chi connectivity index (χ2n) is 3.72. The number of rotatable bonds is 3. The number of H-pyrrole nitrogens is 1. The fraction of sp³-hybridized carbons (Fsp3) is 0.0833. The topological polar surface area (TPSA) is 95.1 Å². The smallest absolute Gasteiger partial charge is 0.335 e. The van der Waals surface area contributed by atoms with Gasteiger partial charge in [0, 0.05) is 11.8 Å². The summed E-state index contributed by atoms with van der Waals surface area (Å²) in [4.78, 5) is 28.6. The molecule has 0 fully saturated rings. The molecule has 1 aromatic carbocycles. The van der Waals surface area contributed by atoms with Crippen LogP contribution < -0.4 is 10.9 Å². The highest BCUT2D eigenvalue weighted by Crippen LogP contribution is 2.14. The molecule has 2 aromatic rings. The molecule has 0 aliphatic heterocycles. The first-order valence-corrected chi connectivity index (χ1v) is 5.23. The number of aromatic carboxylic acids is 1. The van der Waals surface area contributed by atoms with Crippen molar-refractivity contribution in [2.24, 2.45) is 0 Å². The van der Waals surface area contributed by atoms with Crippen LogP contribution in [0.3, 0.4) is 0 Å². The average molecular weight is 245 g/mol. The van der Waals surface area contributed by atoms with E-state index in [2.05, 4.69) is 15.3 Å². The summed E-state index contributed by atoms with van der Waals surface area (Å²) in [5.41, 5.74) is 0.625. The largest absolute Gasteiger partial charge is 0.478 e. The van der Waals surface area contributed by atoms with Crippen LogP contribution in [0.1, 0.15) is 16.2 Å². The molecule has 0 aliphatic carbocycles. The molecule has 0 bridgehead atoms. The van der Waals surface area contributed by atoms with Crippen molar-refractivity contribution in [2.45, 2.75) is 6.92 Å². The number of hydrogen-bond acceptors (Lipinski definition) is 4. The zero-order valence-electron chi connectivity index (χ0n) is 9.60. The van der Waals surface area contributed by atoms with Crippen molar-refractivity contribution >= 4 is 17.5 Å². The number of benzene rings is 1. The van der Waals surface area contributed by atoms with Gasteiger partial charge in [-0.2, -0.15) is 0 Å². The van der Waals surface area contributed by atoms with Crippen LogP contribution in [0.4, 0.5) is 11.5 Å². The standard InChI is InChI=1S/C12H11N3O3/c1-7-13-10(6-11(16)14-7)15-9-4-2-8(3-5-9)12(17)18/h2-6H,1H3,(H,17,18)(H2,13,14,15,16). The second-order valence-corrected chi connectivity index (χ2v) is 3.72. The van der Waals surface area contributed by atoms with Crippen molar-refractivity contribution in [2.75, 3.05) is 5.32 Å². The molecule has 0 radical (unpaired) electrons. The van der Waals surface area contributed by atoms with Crippen molar-refractivity contribution in [3.8, 4) is 0 Å². The summed E-state index contributed by atoms with van der Waals surface area (Å²) in [6.45, 7) is 1.68. The summed E-state index contributed by atoms with van der Waals surface area (Å²) >= 11 is 0. The number of nitrogens with zero attached hydrogens (tertiary/aromatic N) is 1. The quantitative estimate of drug-likeness (QED) is 0.762. The van der Waals surface area contributed by atoms with Crippen LogP contribution in [-0.4, -0.2) is 21.0 Å². The van der Waals surface area contributed by atoms with E-state index in [1.54, 1.807) is 19.1 Å². The Morgan fingerprint density at radius 1 is 1.33 bits per heavy atom. The maximum absolute atomic E-state index is 11.2. The summed E-state index contributed by atoms with van der Waals surface area (Å²) in [5, 5.41) is 11.7. The van der Waals surface area contributed by atoms with Gasteiger partial charge in [-0.05, 0) is 31.2 Å². The van der Waals surface area contributed by atoms with Crippen LogP contribution in [0.25, 0.3) is 0 Å². The highest BCUT2D eigenvalue weighted by atomic mass is 16.4. The predicted molar refractivity (Wildman–Crippen MR) is 66.3 cm³/mol. The van der Waals surface area contributed by atoms with Crippen LogP contribution >= 0.6 is 0 Å². The molecule has 0 amide bonds. The van der Waals surface area contributed by atoms with E-state index in [-0.39, 0.29) is 11.1 Å². The Morgan fingerprint density at radius 3 is 2.56 bits per heavy atom. The number of aromatic amines is 1. The molecule has 0 unspecified atom stereocenters. The minimum Gasteiger partial charge on any atom is -0.478 e. The van der Waals surface area contributed by atoms with E-state index in [4.69, 9.17) is 5.11 Å². The first kappa shape index (κ1) is 11.8. The molecule has 6 nitrogen and oxygen atoms in total. The van der Waals surface area contributed by atoms with Crippen molar-refractivity contribution in [3.63, 3.8) is 0 Å². The first-order valence-electron chi connectivity index (χ1n) is 5.23. The summed E-state index contributed by atoms with van der Waals surface area (Å²) in [6, 6.07) is 7.51. The average Bonchev–Trinajstić information content (AvgIpc) is 2.28. The van der Waals surface area contributed by atoms with Gasteiger partial charge in [-0.1, -0.05) is 0 Å². The Labute approximate surface area is 102 Å². The summed E-state index contributed by atoms with van der Waals surface area (Å²) in [7, 11) is 0. The molecule has 92 valence electrons. The van der Waals surface area contributed by atoms with Crippen LogP contribution in [0.15, 0.2) is 35.1 Å². The normalized spacial score (nSPS) is 10.1. The van der Waals surface area contributed by atoms with E-state index in [1.807, 2.05) is 0 Å². The summed E-state index contributed by atoms with van der Waals surface area (Å²) < 4.78 is 0. The first-order chi connectivity index (χ1) is 8.54. The fourth-order valence-corrected chi connectivity index (χ4v) is 1.49. The van der Waals surface area contributed by atoms with E-state index in [0.717, 1.165) is 0 Å². The zero-order valence-corrected chi connectivity index (χ0v) is 9.60. The lowest BCUT2D eigenvalue weighted by Crippen LogP contribution is -2.09. The van der Waals surface area contributed by atoms with Crippen molar-refractivity contribution < 1.29 is 9.90 Å². The lowest BCUT2D eigenvalue weighted by Gasteiger charge is -2.05. The van der Waals surface area contributed by atoms with Gasteiger partial charge in [0.2, 0.25) is 0 Å². The maximum atomic E-state index is 11.2. The van der Waals surface area contributed by atoms with Gasteiger partial charge < -0.3 is 15.4 Å². The van der Waals surface area contributed by atoms with Crippen LogP contribution in [-0.2, 0) is 0 Å². The van der Waals surface area contributed by atoms with E-state index in [9.17, 15) is 9.59 Å². The molecule has 1 heterocycles. The number of nitrogens with one attached hydrogen (secondary N) is 2. The number of carbonyl (C=O) groups is 1. The number of anilines is 2. The van der Waals surface area contributed by atoms with Gasteiger partial charge in [0.25, 0.3) is 5.56 Å². The molecule has 1 aromatic heterocycles. The van der Waals surface area contributed by atoms with Crippen LogP contribution in [0, 0.1) is 6.92 Å². The van der Waals surface area contributed by atoms with Crippen LogP contribution in [0.5, 0.6) is 0 Å². The van der Waals surface area contributed by atoms with E-state index >= 15 is 0 Å². The van der Waals surface area contributed by atoms with Crippen molar-refractivity contribution in [3.05, 3.63) is 52.1 Å². The Hall–Kier alpha value is -2.63. The maximum Gasteiger partial charge on any atom is 0.335 e. The zero-order chi connectivity index (χ0) is 13.1. The van der Waals surface area contributed by atoms with Crippen LogP contribution in [0.2, 0.25) is 0 Å². The van der Waals surface area contributed by atoms with E-state index in [0.29, 0.717) is 17.3 Å². The van der Waals surface area contributed by atoms with Gasteiger partial charge >= 0.3 is 5.97 Å². The third-order valence-corrected chi connectivity index (χ3v) is 2.26. The van der Waals surface area contributed by atoms with E-state index < -0.39 is 5.97 Å². The highest BCUT2D eigenvalue weighted by Gasteiger charge is 2.03. The number of carboxylic acids is 1. The molecule has 0 spiro atoms. The minimum absolute atomic E-state index is 0.204. The van der Waals surface area contributed by atoms with Gasteiger partial charge in [-0.25, -0.2) is 9.78 Å². The lowest BCUT2D eigenvalue weighted by atomic mass is 10.2.